The van der Waals surface area contributed by atoms with E-state index in [4.69, 9.17) is 23.2 Å². The monoisotopic (exact) mass is 310 g/mol. The molecule has 4 nitrogen and oxygen atoms in total. The topological polar surface area (TPSA) is 51.1 Å². The first-order chi connectivity index (χ1) is 9.60. The molecule has 0 atom stereocenters. The van der Waals surface area contributed by atoms with Gasteiger partial charge in [-0.05, 0) is 30.3 Å². The number of nitrogens with zero attached hydrogens (tertiary/aromatic N) is 1. The van der Waals surface area contributed by atoms with Gasteiger partial charge in [0.1, 0.15) is 0 Å². The Kier molecular flexibility index (Phi) is 4.82. The van der Waals surface area contributed by atoms with Crippen molar-refractivity contribution in [3.63, 3.8) is 0 Å². The Hall–Kier alpha value is -1.78. The molecule has 0 fully saturated rings. The number of carbonyl (C=O) groups excluding carboxylic acids is 2. The first kappa shape index (κ1) is 14.6. The van der Waals surface area contributed by atoms with Crippen LogP contribution in [0.3, 0.4) is 0 Å². The van der Waals surface area contributed by atoms with Crippen LogP contribution < -0.4 is 5.32 Å². The number of aldehydes is 1. The van der Waals surface area contributed by atoms with E-state index in [2.05, 4.69) is 5.32 Å². The first-order valence-electron chi connectivity index (χ1n) is 5.95. The van der Waals surface area contributed by atoms with Crippen molar-refractivity contribution in [2.45, 2.75) is 13.0 Å². The fraction of sp³-hybridized carbons (Fsp3) is 0.143. The molecule has 0 saturated carbocycles. The molecule has 0 unspecified atom stereocenters. The molecule has 20 heavy (non-hydrogen) atoms. The largest absolute Gasteiger partial charge is 0.345 e. The highest BCUT2D eigenvalue weighted by atomic mass is 35.5. The van der Waals surface area contributed by atoms with Gasteiger partial charge in [-0.25, -0.2) is 0 Å². The molecule has 0 aliphatic rings. The maximum atomic E-state index is 11.8. The average molecular weight is 311 g/mol. The van der Waals surface area contributed by atoms with Crippen LogP contribution >= 0.6 is 23.2 Å². The molecule has 0 saturated heterocycles. The predicted molar refractivity (Wildman–Crippen MR) is 79.5 cm³/mol. The summed E-state index contributed by atoms with van der Waals surface area (Å²) < 4.78 is 1.72. The number of benzene rings is 1. The summed E-state index contributed by atoms with van der Waals surface area (Å²) >= 11 is 11.8. The van der Waals surface area contributed by atoms with E-state index in [9.17, 15) is 9.59 Å². The van der Waals surface area contributed by atoms with Crippen molar-refractivity contribution in [1.82, 2.24) is 4.57 Å². The minimum Gasteiger partial charge on any atom is -0.345 e. The Balaban J connectivity index is 1.94. The second-order valence-corrected chi connectivity index (χ2v) is 5.01. The second-order valence-electron chi connectivity index (χ2n) is 4.17. The minimum absolute atomic E-state index is 0.181. The zero-order valence-corrected chi connectivity index (χ0v) is 12.0. The van der Waals surface area contributed by atoms with E-state index in [1.807, 2.05) is 0 Å². The van der Waals surface area contributed by atoms with Gasteiger partial charge in [-0.15, -0.1) is 0 Å². The van der Waals surface area contributed by atoms with Crippen LogP contribution in [0.4, 0.5) is 5.69 Å². The molecule has 1 aromatic carbocycles. The average Bonchev–Trinajstić information content (AvgIpc) is 2.87. The standard InChI is InChI=1S/C14H12Cl2N2O2/c15-10-3-4-13(12(16)8-10)17-14(20)5-7-18-6-1-2-11(18)9-19/h1-4,6,8-9H,5,7H2,(H,17,20). The fourth-order valence-corrected chi connectivity index (χ4v) is 2.22. The lowest BCUT2D eigenvalue weighted by molar-refractivity contribution is -0.116. The molecule has 0 spiro atoms. The van der Waals surface area contributed by atoms with Crippen molar-refractivity contribution in [2.24, 2.45) is 0 Å². The zero-order valence-electron chi connectivity index (χ0n) is 10.5. The first-order valence-corrected chi connectivity index (χ1v) is 6.71. The van der Waals surface area contributed by atoms with Gasteiger partial charge in [-0.1, -0.05) is 23.2 Å². The van der Waals surface area contributed by atoms with Gasteiger partial charge in [0.15, 0.2) is 6.29 Å². The van der Waals surface area contributed by atoms with Crippen molar-refractivity contribution in [3.05, 3.63) is 52.3 Å². The zero-order chi connectivity index (χ0) is 14.5. The van der Waals surface area contributed by atoms with E-state index in [1.54, 1.807) is 41.1 Å². The molecule has 1 aromatic heterocycles. The highest BCUT2D eigenvalue weighted by molar-refractivity contribution is 6.36. The lowest BCUT2D eigenvalue weighted by atomic mass is 10.3. The van der Waals surface area contributed by atoms with E-state index >= 15 is 0 Å². The van der Waals surface area contributed by atoms with Crippen LogP contribution in [-0.4, -0.2) is 16.8 Å². The van der Waals surface area contributed by atoms with Crippen molar-refractivity contribution in [1.29, 1.82) is 0 Å². The molecule has 2 aromatic rings. The molecule has 6 heteroatoms. The molecule has 1 heterocycles. The Labute approximate surface area is 126 Å². The van der Waals surface area contributed by atoms with Crippen molar-refractivity contribution >= 4 is 41.1 Å². The van der Waals surface area contributed by atoms with Crippen LogP contribution in [0.2, 0.25) is 10.0 Å². The SMILES string of the molecule is O=Cc1cccn1CCC(=O)Nc1ccc(Cl)cc1Cl. The van der Waals surface area contributed by atoms with Crippen molar-refractivity contribution < 1.29 is 9.59 Å². The molecule has 0 radical (unpaired) electrons. The van der Waals surface area contributed by atoms with Gasteiger partial charge >= 0.3 is 0 Å². The van der Waals surface area contributed by atoms with Gasteiger partial charge in [0.25, 0.3) is 0 Å². The molecule has 1 amide bonds. The van der Waals surface area contributed by atoms with Gasteiger partial charge in [0.05, 0.1) is 16.4 Å². The number of rotatable bonds is 5. The van der Waals surface area contributed by atoms with Gasteiger partial charge < -0.3 is 9.88 Å². The quantitative estimate of drug-likeness (QED) is 0.857. The van der Waals surface area contributed by atoms with Crippen LogP contribution in [0.15, 0.2) is 36.5 Å². The highest BCUT2D eigenvalue weighted by Gasteiger charge is 2.07. The number of carbonyl (C=O) groups is 2. The highest BCUT2D eigenvalue weighted by Crippen LogP contribution is 2.25. The molecule has 1 N–H and O–H groups in total. The Morgan fingerprint density at radius 3 is 2.80 bits per heavy atom. The van der Waals surface area contributed by atoms with Gasteiger partial charge in [-0.2, -0.15) is 0 Å². The van der Waals surface area contributed by atoms with Gasteiger partial charge in [0, 0.05) is 24.2 Å². The van der Waals surface area contributed by atoms with Crippen LogP contribution in [-0.2, 0) is 11.3 Å². The number of halogens is 2. The smallest absolute Gasteiger partial charge is 0.226 e. The summed E-state index contributed by atoms with van der Waals surface area (Å²) in [6.45, 7) is 0.429. The molecule has 0 aliphatic heterocycles. The number of aryl methyl sites for hydroxylation is 1. The van der Waals surface area contributed by atoms with Crippen LogP contribution in [0.1, 0.15) is 16.9 Å². The Morgan fingerprint density at radius 2 is 2.10 bits per heavy atom. The normalized spacial score (nSPS) is 10.3. The third kappa shape index (κ3) is 3.62. The second kappa shape index (κ2) is 6.59. The van der Waals surface area contributed by atoms with Crippen LogP contribution in [0, 0.1) is 0 Å². The maximum absolute atomic E-state index is 11.8. The summed E-state index contributed by atoms with van der Waals surface area (Å²) in [4.78, 5) is 22.6. The van der Waals surface area contributed by atoms with E-state index in [1.165, 1.54) is 0 Å². The molecule has 2 rings (SSSR count). The number of nitrogens with one attached hydrogen (secondary N) is 1. The van der Waals surface area contributed by atoms with Crippen molar-refractivity contribution in [2.75, 3.05) is 5.32 Å². The third-order valence-electron chi connectivity index (χ3n) is 2.77. The Morgan fingerprint density at radius 1 is 1.30 bits per heavy atom. The number of anilines is 1. The summed E-state index contributed by atoms with van der Waals surface area (Å²) in [5.74, 6) is -0.181. The fourth-order valence-electron chi connectivity index (χ4n) is 1.76. The van der Waals surface area contributed by atoms with Crippen molar-refractivity contribution in [3.8, 4) is 0 Å². The van der Waals surface area contributed by atoms with Crippen LogP contribution in [0.25, 0.3) is 0 Å². The number of hydrogen-bond acceptors (Lipinski definition) is 2. The lowest BCUT2D eigenvalue weighted by Gasteiger charge is -2.08. The van der Waals surface area contributed by atoms with E-state index in [0.717, 1.165) is 6.29 Å². The summed E-state index contributed by atoms with van der Waals surface area (Å²) in [6, 6.07) is 8.32. The summed E-state index contributed by atoms with van der Waals surface area (Å²) in [6.07, 6.45) is 2.76. The minimum atomic E-state index is -0.181. The number of aromatic nitrogens is 1. The molecular weight excluding hydrogens is 299 g/mol. The summed E-state index contributed by atoms with van der Waals surface area (Å²) in [5, 5.41) is 3.61. The summed E-state index contributed by atoms with van der Waals surface area (Å²) in [5.41, 5.74) is 1.06. The lowest BCUT2D eigenvalue weighted by Crippen LogP contribution is -2.15. The van der Waals surface area contributed by atoms with Gasteiger partial charge in [-0.3, -0.25) is 9.59 Å². The van der Waals surface area contributed by atoms with Gasteiger partial charge in [0.2, 0.25) is 5.91 Å². The predicted octanol–water partition coefficient (Wildman–Crippen LogP) is 3.64. The third-order valence-corrected chi connectivity index (χ3v) is 3.32. The van der Waals surface area contributed by atoms with E-state index in [-0.39, 0.29) is 12.3 Å². The molecular formula is C14H12Cl2N2O2. The number of hydrogen-bond donors (Lipinski definition) is 1. The van der Waals surface area contributed by atoms with Crippen LogP contribution in [0.5, 0.6) is 0 Å². The van der Waals surface area contributed by atoms with E-state index < -0.39 is 0 Å². The molecule has 0 aliphatic carbocycles. The van der Waals surface area contributed by atoms with E-state index in [0.29, 0.717) is 28.0 Å². The Bertz CT molecular complexity index is 638. The maximum Gasteiger partial charge on any atom is 0.226 e. The molecule has 104 valence electrons. The number of amides is 1. The summed E-state index contributed by atoms with van der Waals surface area (Å²) in [7, 11) is 0. The molecule has 0 bridgehead atoms.